The number of nitrogens with one attached hydrogen (secondary N) is 2. The summed E-state index contributed by atoms with van der Waals surface area (Å²) in [6, 6.07) is -4.29. The van der Waals surface area contributed by atoms with Crippen molar-refractivity contribution in [1.29, 1.82) is 0 Å². The lowest BCUT2D eigenvalue weighted by molar-refractivity contribution is -0.144. The second-order valence-corrected chi connectivity index (χ2v) is 8.66. The summed E-state index contributed by atoms with van der Waals surface area (Å²) in [5.74, 6) is -3.15. The number of nitrogens with zero attached hydrogens (tertiary/aromatic N) is 2. The van der Waals surface area contributed by atoms with Crippen LogP contribution in [0.1, 0.15) is 51.9 Å². The number of carboxylic acid groups (broad SMARTS) is 1. The molecule has 5 atom stereocenters. The summed E-state index contributed by atoms with van der Waals surface area (Å²) >= 11 is 0. The number of aliphatic imine (C=N–C) groups is 1. The van der Waals surface area contributed by atoms with Crippen LogP contribution >= 0.6 is 0 Å². The third-order valence-electron chi connectivity index (χ3n) is 5.75. The van der Waals surface area contributed by atoms with E-state index in [0.29, 0.717) is 58.2 Å². The largest absolute Gasteiger partial charge is 0.480 e. The Kier molecular flexibility index (Phi) is 13.0. The van der Waals surface area contributed by atoms with Crippen molar-refractivity contribution in [1.82, 2.24) is 15.5 Å². The van der Waals surface area contributed by atoms with Crippen molar-refractivity contribution in [3.8, 4) is 0 Å². The van der Waals surface area contributed by atoms with Gasteiger partial charge in [-0.1, -0.05) is 0 Å². The lowest BCUT2D eigenvalue weighted by Gasteiger charge is -2.29. The van der Waals surface area contributed by atoms with Crippen LogP contribution in [0.2, 0.25) is 0 Å². The van der Waals surface area contributed by atoms with E-state index >= 15 is 0 Å². The molecule has 35 heavy (non-hydrogen) atoms. The van der Waals surface area contributed by atoms with E-state index in [1.165, 1.54) is 11.8 Å². The van der Waals surface area contributed by atoms with E-state index < -0.39 is 54.0 Å². The highest BCUT2D eigenvalue weighted by atomic mass is 16.4. The van der Waals surface area contributed by atoms with Gasteiger partial charge in [0.05, 0.1) is 12.1 Å². The summed E-state index contributed by atoms with van der Waals surface area (Å²) < 4.78 is 0. The molecule has 1 heterocycles. The number of hydrogen-bond acceptors (Lipinski definition) is 8. The molecule has 1 rings (SSSR count). The molecule has 14 heteroatoms. The number of nitrogens with two attached hydrogens (primary N) is 4. The zero-order valence-corrected chi connectivity index (χ0v) is 20.2. The van der Waals surface area contributed by atoms with Gasteiger partial charge >= 0.3 is 5.97 Å². The molecule has 1 fully saturated rings. The van der Waals surface area contributed by atoms with Crippen molar-refractivity contribution >= 4 is 29.7 Å². The third kappa shape index (κ3) is 10.0. The molecule has 3 amide bonds. The molecular weight excluding hydrogens is 460 g/mol. The molecule has 0 aromatic rings. The normalized spacial score (nSPS) is 18.7. The Morgan fingerprint density at radius 2 is 1.80 bits per heavy atom. The number of carbonyl (C=O) groups is 4. The Bertz CT molecular complexity index is 758. The Hall–Kier alpha value is -2.97. The number of aliphatic hydroxyl groups excluding tert-OH is 1. The highest BCUT2D eigenvalue weighted by molar-refractivity contribution is 5.94. The molecule has 1 aliphatic rings. The molecule has 1 saturated heterocycles. The van der Waals surface area contributed by atoms with Crippen LogP contribution in [0.15, 0.2) is 4.99 Å². The van der Waals surface area contributed by atoms with E-state index in [1.54, 1.807) is 0 Å². The van der Waals surface area contributed by atoms with Crippen molar-refractivity contribution in [2.24, 2.45) is 27.9 Å². The van der Waals surface area contributed by atoms with Crippen LogP contribution in [-0.2, 0) is 19.2 Å². The fourth-order valence-electron chi connectivity index (χ4n) is 3.83. The van der Waals surface area contributed by atoms with Gasteiger partial charge in [0.2, 0.25) is 17.7 Å². The maximum atomic E-state index is 13.0. The van der Waals surface area contributed by atoms with Gasteiger partial charge in [0.15, 0.2) is 5.96 Å². The number of aliphatic hydroxyl groups is 1. The highest BCUT2D eigenvalue weighted by Gasteiger charge is 2.38. The minimum Gasteiger partial charge on any atom is -0.480 e. The first-order valence-corrected chi connectivity index (χ1v) is 11.8. The fourth-order valence-corrected chi connectivity index (χ4v) is 3.83. The predicted molar refractivity (Wildman–Crippen MR) is 129 cm³/mol. The van der Waals surface area contributed by atoms with Crippen molar-refractivity contribution in [3.63, 3.8) is 0 Å². The van der Waals surface area contributed by atoms with E-state index in [0.717, 1.165) is 0 Å². The van der Waals surface area contributed by atoms with E-state index in [-0.39, 0.29) is 12.4 Å². The molecule has 200 valence electrons. The Morgan fingerprint density at radius 3 is 2.37 bits per heavy atom. The zero-order chi connectivity index (χ0) is 26.5. The van der Waals surface area contributed by atoms with Gasteiger partial charge in [0, 0.05) is 13.1 Å². The summed E-state index contributed by atoms with van der Waals surface area (Å²) in [4.78, 5) is 55.2. The predicted octanol–water partition coefficient (Wildman–Crippen LogP) is -3.08. The SMILES string of the molecule is CC(O)C(NC(=O)C1CCCN1C(=O)C(N)CCCN=C(N)N)C(=O)NC(CCCCN)C(=O)O. The molecule has 0 spiro atoms. The third-order valence-corrected chi connectivity index (χ3v) is 5.75. The molecular formula is C21H40N8O6. The van der Waals surface area contributed by atoms with Gasteiger partial charge < -0.3 is 48.7 Å². The minimum absolute atomic E-state index is 0.0527. The molecule has 0 saturated carbocycles. The molecule has 12 N–H and O–H groups in total. The summed E-state index contributed by atoms with van der Waals surface area (Å²) in [7, 11) is 0. The number of carboxylic acids is 1. The second-order valence-electron chi connectivity index (χ2n) is 8.66. The number of aliphatic carboxylic acids is 1. The molecule has 14 nitrogen and oxygen atoms in total. The van der Waals surface area contributed by atoms with E-state index in [2.05, 4.69) is 15.6 Å². The van der Waals surface area contributed by atoms with Crippen molar-refractivity contribution < 1.29 is 29.4 Å². The number of unbranched alkanes of at least 4 members (excludes halogenated alkanes) is 1. The van der Waals surface area contributed by atoms with Gasteiger partial charge in [-0.3, -0.25) is 19.4 Å². The van der Waals surface area contributed by atoms with Crippen LogP contribution in [0, 0.1) is 0 Å². The minimum atomic E-state index is -1.40. The standard InChI is InChI=1S/C21H40N8O6/c1-12(30)16(18(32)27-14(20(34)35)7-2-3-9-22)28-17(31)15-8-5-11-29(15)19(33)13(23)6-4-10-26-21(24)25/h12-16,30H,2-11,22-23H2,1H3,(H,27,32)(H,28,31)(H,34,35)(H4,24,25,26). The molecule has 5 unspecified atom stereocenters. The zero-order valence-electron chi connectivity index (χ0n) is 20.2. The lowest BCUT2D eigenvalue weighted by Crippen LogP contribution is -2.59. The van der Waals surface area contributed by atoms with Gasteiger partial charge in [-0.25, -0.2) is 4.79 Å². The number of amides is 3. The molecule has 0 bridgehead atoms. The molecule has 0 radical (unpaired) electrons. The van der Waals surface area contributed by atoms with Gasteiger partial charge in [0.1, 0.15) is 18.1 Å². The van der Waals surface area contributed by atoms with Crippen LogP contribution in [-0.4, -0.2) is 94.7 Å². The van der Waals surface area contributed by atoms with Gasteiger partial charge in [-0.15, -0.1) is 0 Å². The first kappa shape index (κ1) is 30.1. The number of guanidine groups is 1. The summed E-state index contributed by atoms with van der Waals surface area (Å²) in [6.07, 6.45) is 1.67. The van der Waals surface area contributed by atoms with Crippen molar-refractivity contribution in [2.45, 2.75) is 82.1 Å². The Morgan fingerprint density at radius 1 is 1.11 bits per heavy atom. The summed E-state index contributed by atoms with van der Waals surface area (Å²) in [5.41, 5.74) is 22.0. The average molecular weight is 501 g/mol. The Balaban J connectivity index is 2.78. The number of rotatable bonds is 15. The smallest absolute Gasteiger partial charge is 0.326 e. The van der Waals surface area contributed by atoms with Crippen LogP contribution < -0.4 is 33.6 Å². The number of carbonyl (C=O) groups excluding carboxylic acids is 3. The number of hydrogen-bond donors (Lipinski definition) is 8. The molecule has 0 aromatic carbocycles. The maximum absolute atomic E-state index is 13.0. The highest BCUT2D eigenvalue weighted by Crippen LogP contribution is 2.19. The van der Waals surface area contributed by atoms with Gasteiger partial charge in [-0.2, -0.15) is 0 Å². The molecule has 0 aliphatic carbocycles. The van der Waals surface area contributed by atoms with Crippen LogP contribution in [0.5, 0.6) is 0 Å². The Labute approximate surface area is 204 Å². The maximum Gasteiger partial charge on any atom is 0.326 e. The monoisotopic (exact) mass is 500 g/mol. The van der Waals surface area contributed by atoms with E-state index in [1.807, 2.05) is 0 Å². The van der Waals surface area contributed by atoms with Crippen LogP contribution in [0.4, 0.5) is 0 Å². The second kappa shape index (κ2) is 15.1. The van der Waals surface area contributed by atoms with Gasteiger partial charge in [0.25, 0.3) is 0 Å². The first-order chi connectivity index (χ1) is 16.5. The quantitative estimate of drug-likeness (QED) is 0.0639. The molecule has 1 aliphatic heterocycles. The first-order valence-electron chi connectivity index (χ1n) is 11.8. The van der Waals surface area contributed by atoms with Crippen molar-refractivity contribution in [2.75, 3.05) is 19.6 Å². The summed E-state index contributed by atoms with van der Waals surface area (Å²) in [5, 5.41) is 24.3. The van der Waals surface area contributed by atoms with E-state index in [9.17, 15) is 29.4 Å². The van der Waals surface area contributed by atoms with Gasteiger partial charge in [-0.05, 0) is 58.4 Å². The topological polar surface area (TPSA) is 252 Å². The number of likely N-dealkylation sites (tertiary alicyclic amines) is 1. The van der Waals surface area contributed by atoms with E-state index in [4.69, 9.17) is 22.9 Å². The molecule has 0 aromatic heterocycles. The van der Waals surface area contributed by atoms with Crippen LogP contribution in [0.3, 0.4) is 0 Å². The van der Waals surface area contributed by atoms with Crippen LogP contribution in [0.25, 0.3) is 0 Å². The fraction of sp³-hybridized carbons (Fsp3) is 0.762. The average Bonchev–Trinajstić information content (AvgIpc) is 3.28. The van der Waals surface area contributed by atoms with Crippen molar-refractivity contribution in [3.05, 3.63) is 0 Å². The summed E-state index contributed by atoms with van der Waals surface area (Å²) in [6.45, 7) is 2.34. The lowest BCUT2D eigenvalue weighted by atomic mass is 10.1.